The van der Waals surface area contributed by atoms with Crippen LogP contribution in [0.25, 0.3) is 10.9 Å². The number of likely N-dealkylation sites (tertiary alicyclic amines) is 2. The number of carboxylic acid groups (broad SMARTS) is 1. The zero-order chi connectivity index (χ0) is 65.5. The van der Waals surface area contributed by atoms with Crippen LogP contribution in [0.1, 0.15) is 86.2 Å². The Morgan fingerprint density at radius 2 is 1.48 bits per heavy atom. The molecule has 498 valence electrons. The molecular weight excluding hydrogens is 1200 g/mol. The van der Waals surface area contributed by atoms with E-state index in [0.29, 0.717) is 119 Å². The van der Waals surface area contributed by atoms with Crippen molar-refractivity contribution in [3.63, 3.8) is 0 Å². The Morgan fingerprint density at radius 1 is 0.824 bits per heavy atom. The second kappa shape index (κ2) is 38.3. The quantitative estimate of drug-likeness (QED) is 0.0366. The number of thioether (sulfide) groups is 1. The number of hydrogen-bond donors (Lipinski definition) is 6. The Hall–Kier alpha value is -7.55. The Kier molecular flexibility index (Phi) is 30.5. The molecule has 0 aliphatic carbocycles. The summed E-state index contributed by atoms with van der Waals surface area (Å²) in [5.74, 6) is -2.20. The fourth-order valence-electron chi connectivity index (χ4n) is 11.2. The van der Waals surface area contributed by atoms with Crippen LogP contribution in [-0.4, -0.2) is 259 Å². The molecule has 4 atom stereocenters. The molecule has 4 heterocycles. The van der Waals surface area contributed by atoms with Gasteiger partial charge in [0.25, 0.3) is 24.8 Å². The summed E-state index contributed by atoms with van der Waals surface area (Å²) >= 11 is 1.30. The number of aliphatic hydroxyl groups excluding tert-OH is 1. The molecule has 6 amide bonds. The van der Waals surface area contributed by atoms with E-state index in [1.165, 1.54) is 30.9 Å². The van der Waals surface area contributed by atoms with Crippen LogP contribution in [0.2, 0.25) is 0 Å². The highest BCUT2D eigenvalue weighted by Gasteiger charge is 2.43. The van der Waals surface area contributed by atoms with Gasteiger partial charge in [-0.1, -0.05) is 29.8 Å². The molecule has 0 bridgehead atoms. The lowest BCUT2D eigenvalue weighted by Gasteiger charge is -2.33. The molecule has 0 spiro atoms. The SMILES string of the molecule is Cc1ccc(CCCC(=O)NCCCC(NC(=O)CN2CCN(COC=O)CCN(COC=O)CCN(CC(=O)O)CC2)C(=O)NCCSC[C@@H](O)C(=O)N2CCC(CCCOc3ccc4nccc(C(=O)NCC(=O)N5CC(C)(F)C[C@@H]5C#N)c4c3)CC2)cc1. The maximum atomic E-state index is 14.6. The standard InChI is InChI=1S/C63H89FN12O14S/c1-46-10-12-47(13-11-46)6-3-9-56(80)67-19-4-8-54(70-57(81)38-71-24-25-72(39-59(83)84)27-29-74(43-89-45-78)31-30-73(28-26-71)42-88-44-77)61(86)68-21-33-91-40-55(79)62(87)75-22-17-48(18-23-75)7-5-32-90-50-14-15-53-52(34-50)51(16-20-66-53)60(85)69-37-58(82)76-41-63(2,64)35-49(76)36-65/h10-16,20,34,44-45,48-49,54-55,79H,3-9,17-19,21-33,35,37-43H2,1-2H3,(H,67,80)(H,68,86)(H,69,85)(H,70,81)(H,83,84)/t49-,54?,55-,63?/m1/s1. The highest BCUT2D eigenvalue weighted by atomic mass is 32.2. The first-order chi connectivity index (χ1) is 43.8. The number of ether oxygens (including phenoxy) is 3. The van der Waals surface area contributed by atoms with Crippen LogP contribution in [0.5, 0.6) is 5.75 Å². The number of carbonyl (C=O) groups is 9. The van der Waals surface area contributed by atoms with Crippen molar-refractivity contribution >= 4 is 77.0 Å². The summed E-state index contributed by atoms with van der Waals surface area (Å²) in [6, 6.07) is 15.0. The number of aliphatic carboxylic acids is 1. The molecule has 3 aliphatic heterocycles. The van der Waals surface area contributed by atoms with Gasteiger partial charge in [-0.05, 0) is 101 Å². The molecule has 28 heteroatoms. The van der Waals surface area contributed by atoms with E-state index < -0.39 is 60.0 Å². The zero-order valence-electron chi connectivity index (χ0n) is 52.2. The molecule has 26 nitrogen and oxygen atoms in total. The number of halogens is 1. The minimum Gasteiger partial charge on any atom is -0.494 e. The number of aliphatic hydroxyl groups is 1. The molecule has 0 radical (unpaired) electrons. The molecular formula is C63H89FN12O14S. The molecule has 0 saturated carbocycles. The van der Waals surface area contributed by atoms with Crippen molar-refractivity contribution in [1.29, 1.82) is 5.26 Å². The highest BCUT2D eigenvalue weighted by molar-refractivity contribution is 7.99. The first kappa shape index (κ1) is 72.5. The Bertz CT molecular complexity index is 2920. The van der Waals surface area contributed by atoms with Gasteiger partial charge in [0.15, 0.2) is 0 Å². The number of benzene rings is 2. The smallest absolute Gasteiger partial charge is 0.317 e. The molecule has 2 aromatic carbocycles. The van der Waals surface area contributed by atoms with E-state index in [0.717, 1.165) is 48.1 Å². The minimum atomic E-state index is -1.68. The van der Waals surface area contributed by atoms with Crippen LogP contribution in [0.15, 0.2) is 54.7 Å². The van der Waals surface area contributed by atoms with Gasteiger partial charge in [0, 0.05) is 114 Å². The van der Waals surface area contributed by atoms with Crippen molar-refractivity contribution in [2.24, 2.45) is 5.92 Å². The number of alkyl halides is 1. The number of piperidine rings is 1. The largest absolute Gasteiger partial charge is 0.494 e. The molecule has 3 aromatic rings. The van der Waals surface area contributed by atoms with E-state index >= 15 is 0 Å². The molecule has 6 rings (SSSR count). The van der Waals surface area contributed by atoms with Gasteiger partial charge < -0.3 is 55.5 Å². The first-order valence-corrected chi connectivity index (χ1v) is 32.3. The number of aryl methyl sites for hydroxylation is 2. The van der Waals surface area contributed by atoms with Crippen molar-refractivity contribution in [3.05, 3.63) is 71.4 Å². The second-order valence-electron chi connectivity index (χ2n) is 23.6. The number of carboxylic acids is 1. The summed E-state index contributed by atoms with van der Waals surface area (Å²) in [5.41, 5.74) is 1.44. The number of nitriles is 1. The summed E-state index contributed by atoms with van der Waals surface area (Å²) < 4.78 is 30.7. The maximum absolute atomic E-state index is 14.6. The van der Waals surface area contributed by atoms with Crippen LogP contribution in [0, 0.1) is 24.2 Å². The third kappa shape index (κ3) is 25.6. The van der Waals surface area contributed by atoms with Crippen molar-refractivity contribution in [2.75, 3.05) is 136 Å². The number of hydrogen-bond acceptors (Lipinski definition) is 20. The van der Waals surface area contributed by atoms with Crippen LogP contribution < -0.4 is 26.0 Å². The lowest BCUT2D eigenvalue weighted by atomic mass is 9.92. The third-order valence-electron chi connectivity index (χ3n) is 16.3. The fourth-order valence-corrected chi connectivity index (χ4v) is 12.0. The van der Waals surface area contributed by atoms with E-state index in [1.807, 2.05) is 52.0 Å². The first-order valence-electron chi connectivity index (χ1n) is 31.2. The van der Waals surface area contributed by atoms with E-state index in [2.05, 4.69) is 26.3 Å². The number of aromatic nitrogens is 1. The minimum absolute atomic E-state index is 0.0142. The third-order valence-corrected chi connectivity index (χ3v) is 17.4. The predicted molar refractivity (Wildman–Crippen MR) is 336 cm³/mol. The lowest BCUT2D eigenvalue weighted by molar-refractivity contribution is -0.140. The van der Waals surface area contributed by atoms with Gasteiger partial charge in [0.05, 0.1) is 49.9 Å². The molecule has 3 saturated heterocycles. The number of pyridine rings is 1. The summed E-state index contributed by atoms with van der Waals surface area (Å²) in [5, 5.41) is 41.9. The van der Waals surface area contributed by atoms with Gasteiger partial charge in [-0.2, -0.15) is 17.0 Å². The van der Waals surface area contributed by atoms with Gasteiger partial charge in [-0.25, -0.2) is 4.39 Å². The van der Waals surface area contributed by atoms with Gasteiger partial charge in [-0.15, -0.1) is 0 Å². The summed E-state index contributed by atoms with van der Waals surface area (Å²) in [6.45, 7) is 7.42. The van der Waals surface area contributed by atoms with E-state index in [1.54, 1.807) is 28.0 Å². The number of fused-ring (bicyclic) bond motifs is 1. The number of carbonyl (C=O) groups excluding carboxylic acids is 8. The van der Waals surface area contributed by atoms with Gasteiger partial charge >= 0.3 is 5.97 Å². The van der Waals surface area contributed by atoms with Crippen molar-refractivity contribution in [3.8, 4) is 11.8 Å². The lowest BCUT2D eigenvalue weighted by Crippen LogP contribution is -2.52. The van der Waals surface area contributed by atoms with Crippen LogP contribution in [-0.2, 0) is 54.3 Å². The van der Waals surface area contributed by atoms with Crippen LogP contribution in [0.4, 0.5) is 4.39 Å². The topological polar surface area (TPSA) is 326 Å². The van der Waals surface area contributed by atoms with Crippen LogP contribution in [0.3, 0.4) is 0 Å². The monoisotopic (exact) mass is 1290 g/mol. The molecule has 91 heavy (non-hydrogen) atoms. The molecule has 6 N–H and O–H groups in total. The van der Waals surface area contributed by atoms with E-state index in [9.17, 15) is 63.0 Å². The Balaban J connectivity index is 0.934. The van der Waals surface area contributed by atoms with Crippen molar-refractivity contribution in [2.45, 2.75) is 102 Å². The Labute approximate surface area is 535 Å². The number of nitrogens with one attached hydrogen (secondary N) is 4. The van der Waals surface area contributed by atoms with Gasteiger partial charge in [-0.3, -0.25) is 67.7 Å². The summed E-state index contributed by atoms with van der Waals surface area (Å²) in [7, 11) is 0. The maximum Gasteiger partial charge on any atom is 0.317 e. The molecule has 3 fully saturated rings. The second-order valence-corrected chi connectivity index (χ2v) is 24.7. The van der Waals surface area contributed by atoms with Gasteiger partial charge in [0.1, 0.15) is 43.1 Å². The number of nitrogens with zero attached hydrogens (tertiary/aromatic N) is 8. The van der Waals surface area contributed by atoms with E-state index in [-0.39, 0.29) is 95.2 Å². The van der Waals surface area contributed by atoms with Gasteiger partial charge in [0.2, 0.25) is 23.6 Å². The average molecular weight is 1290 g/mol. The molecule has 3 aliphatic rings. The fraction of sp³-hybridized carbons (Fsp3) is 0.603. The Morgan fingerprint density at radius 3 is 2.13 bits per heavy atom. The van der Waals surface area contributed by atoms with Crippen molar-refractivity contribution < 1.29 is 72.0 Å². The molecule has 1 aromatic heterocycles. The highest BCUT2D eigenvalue weighted by Crippen LogP contribution is 2.30. The zero-order valence-corrected chi connectivity index (χ0v) is 53.1. The summed E-state index contributed by atoms with van der Waals surface area (Å²) in [4.78, 5) is 129. The van der Waals surface area contributed by atoms with Crippen LogP contribution >= 0.6 is 11.8 Å². The van der Waals surface area contributed by atoms with Crippen molar-refractivity contribution in [1.82, 2.24) is 55.7 Å². The number of amides is 6. The normalized spacial score (nSPS) is 19.0. The summed E-state index contributed by atoms with van der Waals surface area (Å²) in [6.07, 6.45) is 5.52. The van der Waals surface area contributed by atoms with E-state index in [4.69, 9.17) is 14.2 Å². The average Bonchev–Trinajstić information content (AvgIpc) is 3.75. The number of rotatable bonds is 34. The molecule has 2 unspecified atom stereocenters. The predicted octanol–water partition coefficient (Wildman–Crippen LogP) is 1.70.